The highest BCUT2D eigenvalue weighted by Gasteiger charge is 2.64. The van der Waals surface area contributed by atoms with Crippen molar-refractivity contribution in [1.82, 2.24) is 4.90 Å². The highest BCUT2D eigenvalue weighted by molar-refractivity contribution is 6.61. The first-order chi connectivity index (χ1) is 11.6. The normalized spacial score (nSPS) is 41.0. The van der Waals surface area contributed by atoms with Crippen molar-refractivity contribution < 1.29 is 13.3 Å². The van der Waals surface area contributed by atoms with Crippen LogP contribution < -0.4 is 0 Å². The number of hydrogen-bond donors (Lipinski definition) is 0. The Kier molecular flexibility index (Phi) is 4.34. The van der Waals surface area contributed by atoms with Crippen LogP contribution in [0.4, 0.5) is 0 Å². The Morgan fingerprint density at radius 2 is 2.12 bits per heavy atom. The molecule has 0 aromatic heterocycles. The van der Waals surface area contributed by atoms with Crippen LogP contribution in [0.5, 0.6) is 0 Å². The van der Waals surface area contributed by atoms with Crippen LogP contribution in [0, 0.1) is 0 Å². The van der Waals surface area contributed by atoms with Crippen molar-refractivity contribution in [2.24, 2.45) is 4.99 Å². The molecule has 5 unspecified atom stereocenters. The molecule has 4 fully saturated rings. The predicted octanol–water partition coefficient (Wildman–Crippen LogP) is 2.34. The van der Waals surface area contributed by atoms with Gasteiger partial charge in [0.15, 0.2) is 0 Å². The average molecular weight is 347 g/mol. The third kappa shape index (κ3) is 3.21. The summed E-state index contributed by atoms with van der Waals surface area (Å²) in [6.45, 7) is 8.02. The second-order valence-electron chi connectivity index (χ2n) is 7.38. The summed E-state index contributed by atoms with van der Waals surface area (Å²) >= 11 is 0. The summed E-state index contributed by atoms with van der Waals surface area (Å²) in [5, 5.41) is 0. The third-order valence-corrected chi connectivity index (χ3v) is 8.21. The number of hydrogen-bond acceptors (Lipinski definition) is 5. The number of rotatable bonds is 5. The SMILES string of the molecule is CC1CN2CC3O[Si](CCC/N=C\c4ccccc4)(O1)OC3(C)C2. The van der Waals surface area contributed by atoms with Gasteiger partial charge in [0.05, 0.1) is 17.8 Å². The van der Waals surface area contributed by atoms with E-state index in [0.717, 1.165) is 44.2 Å². The fourth-order valence-electron chi connectivity index (χ4n) is 4.06. The van der Waals surface area contributed by atoms with Crippen molar-refractivity contribution in [2.75, 3.05) is 26.2 Å². The Labute approximate surface area is 145 Å². The van der Waals surface area contributed by atoms with Crippen molar-refractivity contribution >= 4 is 15.0 Å². The molecule has 4 aliphatic heterocycles. The summed E-state index contributed by atoms with van der Waals surface area (Å²) in [5.74, 6) is 0. The topological polar surface area (TPSA) is 43.3 Å². The fourth-order valence-corrected chi connectivity index (χ4v) is 7.49. The summed E-state index contributed by atoms with van der Waals surface area (Å²) in [4.78, 5) is 6.93. The Morgan fingerprint density at radius 3 is 2.92 bits per heavy atom. The van der Waals surface area contributed by atoms with E-state index in [1.807, 2.05) is 24.4 Å². The Hall–Kier alpha value is -1.05. The molecule has 5 nitrogen and oxygen atoms in total. The maximum absolute atomic E-state index is 6.47. The summed E-state index contributed by atoms with van der Waals surface area (Å²) in [6, 6.07) is 11.1. The molecule has 1 aromatic rings. The molecule has 4 saturated heterocycles. The van der Waals surface area contributed by atoms with Gasteiger partial charge in [-0.25, -0.2) is 0 Å². The van der Waals surface area contributed by atoms with E-state index in [9.17, 15) is 0 Å². The Morgan fingerprint density at radius 1 is 1.29 bits per heavy atom. The van der Waals surface area contributed by atoms with Crippen LogP contribution >= 0.6 is 0 Å². The first kappa shape index (κ1) is 16.4. The minimum atomic E-state index is -2.56. The molecule has 0 spiro atoms. The minimum Gasteiger partial charge on any atom is -0.369 e. The molecular weight excluding hydrogens is 320 g/mol. The summed E-state index contributed by atoms with van der Waals surface area (Å²) < 4.78 is 19.2. The summed E-state index contributed by atoms with van der Waals surface area (Å²) in [5.41, 5.74) is 0.957. The molecule has 0 amide bonds. The van der Waals surface area contributed by atoms with Gasteiger partial charge in [-0.05, 0) is 25.8 Å². The zero-order chi connectivity index (χ0) is 16.6. The summed E-state index contributed by atoms with van der Waals surface area (Å²) in [7, 11) is -2.56. The van der Waals surface area contributed by atoms with Gasteiger partial charge in [0.1, 0.15) is 0 Å². The van der Waals surface area contributed by atoms with Crippen molar-refractivity contribution in [3.63, 3.8) is 0 Å². The van der Waals surface area contributed by atoms with Crippen LogP contribution in [0.25, 0.3) is 0 Å². The second kappa shape index (κ2) is 6.35. The molecule has 6 heteroatoms. The largest absolute Gasteiger partial charge is 0.502 e. The van der Waals surface area contributed by atoms with Crippen LogP contribution in [0.15, 0.2) is 35.3 Å². The molecular formula is C18H26N2O3Si. The van der Waals surface area contributed by atoms with E-state index >= 15 is 0 Å². The molecule has 4 bridgehead atoms. The van der Waals surface area contributed by atoms with Gasteiger partial charge in [-0.3, -0.25) is 9.89 Å². The molecule has 4 heterocycles. The second-order valence-corrected chi connectivity index (χ2v) is 9.92. The molecule has 24 heavy (non-hydrogen) atoms. The van der Waals surface area contributed by atoms with E-state index in [0.29, 0.717) is 0 Å². The average Bonchev–Trinajstić information content (AvgIpc) is 2.96. The lowest BCUT2D eigenvalue weighted by atomic mass is 10.0. The zero-order valence-corrected chi connectivity index (χ0v) is 15.5. The lowest BCUT2D eigenvalue weighted by molar-refractivity contribution is 0.00611. The first-order valence-corrected chi connectivity index (χ1v) is 10.8. The predicted molar refractivity (Wildman–Crippen MR) is 95.4 cm³/mol. The van der Waals surface area contributed by atoms with E-state index in [-0.39, 0.29) is 17.8 Å². The van der Waals surface area contributed by atoms with Gasteiger partial charge in [-0.15, -0.1) is 0 Å². The number of benzene rings is 1. The van der Waals surface area contributed by atoms with E-state index in [2.05, 4.69) is 35.9 Å². The van der Waals surface area contributed by atoms with Crippen molar-refractivity contribution in [2.45, 2.75) is 44.1 Å². The molecule has 0 N–H and O–H groups in total. The van der Waals surface area contributed by atoms with Gasteiger partial charge in [-0.1, -0.05) is 30.3 Å². The molecule has 0 saturated carbocycles. The van der Waals surface area contributed by atoms with Crippen LogP contribution in [-0.2, 0) is 13.3 Å². The smallest absolute Gasteiger partial charge is 0.369 e. The maximum Gasteiger partial charge on any atom is 0.502 e. The van der Waals surface area contributed by atoms with Crippen LogP contribution in [0.1, 0.15) is 25.8 Å². The molecule has 1 aromatic carbocycles. The number of aliphatic imine (C=N–C) groups is 1. The monoisotopic (exact) mass is 346 g/mol. The maximum atomic E-state index is 6.47. The van der Waals surface area contributed by atoms with Crippen LogP contribution in [0.2, 0.25) is 6.04 Å². The van der Waals surface area contributed by atoms with Crippen molar-refractivity contribution in [3.8, 4) is 0 Å². The Bertz CT molecular complexity index is 614. The van der Waals surface area contributed by atoms with Gasteiger partial charge >= 0.3 is 8.80 Å². The van der Waals surface area contributed by atoms with E-state index in [1.54, 1.807) is 0 Å². The highest BCUT2D eigenvalue weighted by atomic mass is 28.4. The Balaban J connectivity index is 1.36. The standard InChI is InChI=1S/C18H26N2O3Si/c1-15-12-20-13-17-18(2,14-20)23-24(21-15,22-17)10-6-9-19-11-16-7-4-3-5-8-16/h3-5,7-8,11,15,17H,6,9-10,12-14H2,1-2H3/b19-11-. The lowest BCUT2D eigenvalue weighted by Gasteiger charge is -2.35. The van der Waals surface area contributed by atoms with Crippen molar-refractivity contribution in [3.05, 3.63) is 35.9 Å². The fraction of sp³-hybridized carbons (Fsp3) is 0.611. The molecule has 5 rings (SSSR count). The van der Waals surface area contributed by atoms with Crippen molar-refractivity contribution in [1.29, 1.82) is 0 Å². The van der Waals surface area contributed by atoms with Gasteiger partial charge in [0, 0.05) is 38.4 Å². The molecule has 5 atom stereocenters. The van der Waals surface area contributed by atoms with E-state index < -0.39 is 8.80 Å². The van der Waals surface area contributed by atoms with Crippen LogP contribution in [-0.4, -0.2) is 63.9 Å². The minimum absolute atomic E-state index is 0.171. The lowest BCUT2D eigenvalue weighted by Crippen LogP contribution is -2.52. The van der Waals surface area contributed by atoms with Gasteiger partial charge in [-0.2, -0.15) is 0 Å². The van der Waals surface area contributed by atoms with Crippen LogP contribution in [0.3, 0.4) is 0 Å². The highest BCUT2D eigenvalue weighted by Crippen LogP contribution is 2.44. The van der Waals surface area contributed by atoms with E-state index in [4.69, 9.17) is 13.3 Å². The van der Waals surface area contributed by atoms with Gasteiger partial charge in [0.25, 0.3) is 0 Å². The third-order valence-electron chi connectivity index (χ3n) is 5.06. The first-order valence-electron chi connectivity index (χ1n) is 8.90. The van der Waals surface area contributed by atoms with E-state index in [1.165, 1.54) is 0 Å². The molecule has 0 radical (unpaired) electrons. The molecule has 4 aliphatic rings. The van der Waals surface area contributed by atoms with Gasteiger partial charge < -0.3 is 13.3 Å². The molecule has 130 valence electrons. The molecule has 0 aliphatic carbocycles. The quantitative estimate of drug-likeness (QED) is 0.466. The zero-order valence-electron chi connectivity index (χ0n) is 14.5. The number of fused-ring (bicyclic) bond motifs is 2. The van der Waals surface area contributed by atoms with Gasteiger partial charge in [0.2, 0.25) is 0 Å². The number of nitrogens with zero attached hydrogens (tertiary/aromatic N) is 2. The summed E-state index contributed by atoms with van der Waals surface area (Å²) in [6.07, 6.45) is 3.22.